The maximum absolute atomic E-state index is 14.9. The summed E-state index contributed by atoms with van der Waals surface area (Å²) < 4.78 is 42.5. The Bertz CT molecular complexity index is 1520. The number of likely N-dealkylation sites (tertiary alicyclic amines) is 1. The van der Waals surface area contributed by atoms with E-state index in [4.69, 9.17) is 0 Å². The van der Waals surface area contributed by atoms with Gasteiger partial charge in [-0.15, -0.1) is 0 Å². The van der Waals surface area contributed by atoms with Crippen LogP contribution >= 0.6 is 0 Å². The van der Waals surface area contributed by atoms with Crippen molar-refractivity contribution in [1.82, 2.24) is 25.0 Å². The van der Waals surface area contributed by atoms with E-state index in [1.165, 1.54) is 18.2 Å². The second kappa shape index (κ2) is 12.2. The van der Waals surface area contributed by atoms with Gasteiger partial charge in [0.25, 0.3) is 0 Å². The molecule has 2 N–H and O–H groups in total. The Kier molecular flexibility index (Phi) is 8.33. The van der Waals surface area contributed by atoms with Gasteiger partial charge in [0.1, 0.15) is 17.5 Å². The number of carbonyl (C=O) groups is 1. The van der Waals surface area contributed by atoms with Crippen LogP contribution in [0.2, 0.25) is 0 Å². The van der Waals surface area contributed by atoms with Crippen LogP contribution in [0.4, 0.5) is 18.0 Å². The third-order valence-electron chi connectivity index (χ3n) is 9.68. The van der Waals surface area contributed by atoms with Crippen LogP contribution in [0.5, 0.6) is 0 Å². The van der Waals surface area contributed by atoms with Crippen molar-refractivity contribution in [1.29, 1.82) is 0 Å². The minimum Gasteiger partial charge on any atom is -0.361 e. The van der Waals surface area contributed by atoms with Gasteiger partial charge in [0, 0.05) is 73.4 Å². The molecule has 6 rings (SSSR count). The van der Waals surface area contributed by atoms with E-state index in [1.807, 2.05) is 11.9 Å². The highest BCUT2D eigenvalue weighted by Gasteiger charge is 2.46. The first-order valence-electron chi connectivity index (χ1n) is 15.2. The molecule has 2 aliphatic heterocycles. The van der Waals surface area contributed by atoms with Crippen molar-refractivity contribution in [3.8, 4) is 11.3 Å². The number of aromatic amines is 1. The lowest BCUT2D eigenvalue weighted by molar-refractivity contribution is -0.00238. The Balaban J connectivity index is 1.21. The highest BCUT2D eigenvalue weighted by atomic mass is 19.1. The fourth-order valence-electron chi connectivity index (χ4n) is 7.26. The van der Waals surface area contributed by atoms with Crippen LogP contribution in [0, 0.1) is 17.5 Å². The number of halogens is 3. The van der Waals surface area contributed by atoms with Gasteiger partial charge in [0.15, 0.2) is 5.43 Å². The predicted molar refractivity (Wildman–Crippen MR) is 159 cm³/mol. The van der Waals surface area contributed by atoms with Crippen molar-refractivity contribution >= 4 is 6.03 Å². The fourth-order valence-corrected chi connectivity index (χ4v) is 7.26. The van der Waals surface area contributed by atoms with E-state index < -0.39 is 17.7 Å². The average Bonchev–Trinajstić information content (AvgIpc) is 3.48. The Hall–Kier alpha value is -3.63. The summed E-state index contributed by atoms with van der Waals surface area (Å²) in [6, 6.07) is 10.4. The maximum atomic E-state index is 14.9. The monoisotopic (exact) mass is 593 g/mol. The maximum Gasteiger partial charge on any atom is 0.320 e. The number of piperidine rings is 1. The fraction of sp³-hybridized carbons (Fsp3) is 0.455. The van der Waals surface area contributed by atoms with Crippen molar-refractivity contribution in [3.05, 3.63) is 93.5 Å². The second-order valence-electron chi connectivity index (χ2n) is 12.2. The summed E-state index contributed by atoms with van der Waals surface area (Å²) in [7, 11) is 1.85. The van der Waals surface area contributed by atoms with Crippen LogP contribution in [-0.4, -0.2) is 70.5 Å². The number of rotatable bonds is 5. The SMILES string of the molecule is CN[C@@H]1CCN(C(=O)N2CCN(Cc3c[nH]c(-c4ccc(F)cc4)cc3=O)C3(CCCC3)C2)[C@H](c2cc(F)ccc2F)C1. The van der Waals surface area contributed by atoms with Gasteiger partial charge in [-0.05, 0) is 80.8 Å². The van der Waals surface area contributed by atoms with Gasteiger partial charge in [-0.1, -0.05) is 12.8 Å². The van der Waals surface area contributed by atoms with Gasteiger partial charge in [-0.2, -0.15) is 0 Å². The van der Waals surface area contributed by atoms with E-state index in [-0.39, 0.29) is 34.4 Å². The van der Waals surface area contributed by atoms with Crippen LogP contribution in [0.1, 0.15) is 55.7 Å². The summed E-state index contributed by atoms with van der Waals surface area (Å²) >= 11 is 0. The molecule has 0 radical (unpaired) electrons. The minimum absolute atomic E-state index is 0.0860. The predicted octanol–water partition coefficient (Wildman–Crippen LogP) is 5.43. The number of aromatic nitrogens is 1. The van der Waals surface area contributed by atoms with Crippen molar-refractivity contribution in [2.24, 2.45) is 0 Å². The molecule has 1 spiro atoms. The molecule has 3 aliphatic rings. The topological polar surface area (TPSA) is 71.7 Å². The molecular weight excluding hydrogens is 555 g/mol. The second-order valence-corrected chi connectivity index (χ2v) is 12.2. The van der Waals surface area contributed by atoms with E-state index in [0.29, 0.717) is 50.4 Å². The number of nitrogens with one attached hydrogen (secondary N) is 2. The Labute approximate surface area is 249 Å². The van der Waals surface area contributed by atoms with Crippen LogP contribution in [-0.2, 0) is 6.54 Å². The van der Waals surface area contributed by atoms with Crippen LogP contribution in [0.3, 0.4) is 0 Å². The molecular formula is C33H38F3N5O2. The first-order valence-corrected chi connectivity index (χ1v) is 15.2. The summed E-state index contributed by atoms with van der Waals surface area (Å²) in [5.74, 6) is -1.36. The molecule has 2 atom stereocenters. The standard InChI is InChI=1S/C33H38F3N5O2/c1-37-26-10-13-41(30(17-26)27-16-25(35)8-9-28(27)36)32(43)39-14-15-40(33(21-39)11-2-3-12-33)20-23-19-38-29(18-31(23)42)22-4-6-24(34)7-5-22/h4-9,16,18-19,26,30,37H,2-3,10-15,17,20-21H2,1H3,(H,38,42)/t26-,30+/m1/s1. The number of carbonyl (C=O) groups excluding carboxylic acids is 1. The molecule has 1 aromatic heterocycles. The number of piperazine rings is 1. The molecule has 2 aromatic carbocycles. The molecule has 3 fully saturated rings. The first-order chi connectivity index (χ1) is 20.8. The number of hydrogen-bond acceptors (Lipinski definition) is 4. The summed E-state index contributed by atoms with van der Waals surface area (Å²) in [6.45, 7) is 2.54. The number of pyridine rings is 1. The number of urea groups is 1. The number of H-pyrrole nitrogens is 1. The summed E-state index contributed by atoms with van der Waals surface area (Å²) in [6.07, 6.45) is 6.91. The molecule has 43 heavy (non-hydrogen) atoms. The van der Waals surface area contributed by atoms with Gasteiger partial charge in [0.2, 0.25) is 0 Å². The van der Waals surface area contributed by atoms with Gasteiger partial charge < -0.3 is 20.1 Å². The molecule has 7 nitrogen and oxygen atoms in total. The van der Waals surface area contributed by atoms with Crippen LogP contribution < -0.4 is 10.7 Å². The molecule has 228 valence electrons. The van der Waals surface area contributed by atoms with Gasteiger partial charge in [-0.3, -0.25) is 9.69 Å². The van der Waals surface area contributed by atoms with Crippen molar-refractivity contribution in [3.63, 3.8) is 0 Å². The van der Waals surface area contributed by atoms with Crippen LogP contribution in [0.25, 0.3) is 11.3 Å². The van der Waals surface area contributed by atoms with Gasteiger partial charge in [0.05, 0.1) is 6.04 Å². The van der Waals surface area contributed by atoms with Crippen LogP contribution in [0.15, 0.2) is 59.5 Å². The highest BCUT2D eigenvalue weighted by Crippen LogP contribution is 2.40. The lowest BCUT2D eigenvalue weighted by atomic mass is 9.90. The van der Waals surface area contributed by atoms with Crippen molar-refractivity contribution < 1.29 is 18.0 Å². The van der Waals surface area contributed by atoms with Gasteiger partial charge in [-0.25, -0.2) is 18.0 Å². The Morgan fingerprint density at radius 3 is 2.47 bits per heavy atom. The quantitative estimate of drug-likeness (QED) is 0.414. The zero-order valence-electron chi connectivity index (χ0n) is 24.4. The average molecular weight is 594 g/mol. The molecule has 1 aliphatic carbocycles. The van der Waals surface area contributed by atoms with Crippen molar-refractivity contribution in [2.75, 3.05) is 33.2 Å². The van der Waals surface area contributed by atoms with Gasteiger partial charge >= 0.3 is 6.03 Å². The third kappa shape index (κ3) is 5.95. The zero-order chi connectivity index (χ0) is 30.1. The Morgan fingerprint density at radius 1 is 1.00 bits per heavy atom. The first kappa shape index (κ1) is 29.4. The molecule has 3 aromatic rings. The van der Waals surface area contributed by atoms with E-state index in [1.54, 1.807) is 29.3 Å². The summed E-state index contributed by atoms with van der Waals surface area (Å²) in [4.78, 5) is 36.4. The lowest BCUT2D eigenvalue weighted by Gasteiger charge is -2.51. The normalized spacial score (nSPS) is 22.3. The number of amides is 2. The molecule has 2 saturated heterocycles. The van der Waals surface area contributed by atoms with E-state index in [0.717, 1.165) is 49.8 Å². The Morgan fingerprint density at radius 2 is 1.74 bits per heavy atom. The molecule has 1 saturated carbocycles. The minimum atomic E-state index is -0.565. The lowest BCUT2D eigenvalue weighted by Crippen LogP contribution is -2.64. The number of hydrogen-bond donors (Lipinski definition) is 2. The highest BCUT2D eigenvalue weighted by molar-refractivity contribution is 5.75. The molecule has 3 heterocycles. The van der Waals surface area contributed by atoms with E-state index >= 15 is 0 Å². The molecule has 2 amide bonds. The smallest absolute Gasteiger partial charge is 0.320 e. The van der Waals surface area contributed by atoms with E-state index in [9.17, 15) is 22.8 Å². The number of benzene rings is 2. The third-order valence-corrected chi connectivity index (χ3v) is 9.68. The zero-order valence-corrected chi connectivity index (χ0v) is 24.4. The summed E-state index contributed by atoms with van der Waals surface area (Å²) in [5.41, 5.74) is 1.89. The number of nitrogens with zero attached hydrogens (tertiary/aromatic N) is 3. The molecule has 0 unspecified atom stereocenters. The molecule has 10 heteroatoms. The molecule has 0 bridgehead atoms. The van der Waals surface area contributed by atoms with E-state index in [2.05, 4.69) is 15.2 Å². The largest absolute Gasteiger partial charge is 0.361 e. The summed E-state index contributed by atoms with van der Waals surface area (Å²) in [5, 5.41) is 3.25. The van der Waals surface area contributed by atoms with Crippen molar-refractivity contribution in [2.45, 2.75) is 62.7 Å².